The van der Waals surface area contributed by atoms with E-state index in [2.05, 4.69) is 13.8 Å². The lowest BCUT2D eigenvalue weighted by molar-refractivity contribution is -0.159. The number of aliphatic carboxylic acids is 1. The molecule has 4 fully saturated rings. The van der Waals surface area contributed by atoms with Gasteiger partial charge >= 0.3 is 5.97 Å². The van der Waals surface area contributed by atoms with Crippen LogP contribution in [-0.4, -0.2) is 22.8 Å². The molecule has 0 heterocycles. The maximum Gasteiger partial charge on any atom is 0.306 e. The monoisotopic (exact) mass is 320 g/mol. The molecule has 3 heteroatoms. The van der Waals surface area contributed by atoms with Gasteiger partial charge in [0.25, 0.3) is 0 Å². The number of fused-ring (bicyclic) bond motifs is 3. The Morgan fingerprint density at radius 2 is 1.83 bits per heavy atom. The molecule has 4 rings (SSSR count). The van der Waals surface area contributed by atoms with Crippen molar-refractivity contribution >= 4 is 5.97 Å². The summed E-state index contributed by atoms with van der Waals surface area (Å²) in [4.78, 5) is 11.7. The first-order valence-electron chi connectivity index (χ1n) is 9.68. The van der Waals surface area contributed by atoms with E-state index in [1.54, 1.807) is 0 Å². The molecular formula is C20H32O3. The second-order valence-electron chi connectivity index (χ2n) is 9.87. The van der Waals surface area contributed by atoms with E-state index >= 15 is 0 Å². The predicted molar refractivity (Wildman–Crippen MR) is 88.9 cm³/mol. The molecular weight excluding hydrogens is 288 g/mol. The molecule has 0 aromatic rings. The Hall–Kier alpha value is -0.570. The molecule has 4 aliphatic rings. The quantitative estimate of drug-likeness (QED) is 0.805. The standard InChI is InChI=1S/C20H32O3/c1-18(12-21)7-3-8-19(2)15(18)6-9-20-10-13(4-5-16(19)20)14(11-20)17(22)23/h13-16,21H,3-12H2,1-2H3,(H,22,23)/t13-,14+,15-,16+,18+,19-,20+/m1/s1. The van der Waals surface area contributed by atoms with Gasteiger partial charge in [0.2, 0.25) is 0 Å². The first kappa shape index (κ1) is 15.9. The molecule has 1 spiro atoms. The smallest absolute Gasteiger partial charge is 0.306 e. The Balaban J connectivity index is 1.69. The number of hydrogen-bond donors (Lipinski definition) is 2. The summed E-state index contributed by atoms with van der Waals surface area (Å²) in [6.45, 7) is 5.10. The van der Waals surface area contributed by atoms with Crippen molar-refractivity contribution in [1.29, 1.82) is 0 Å². The van der Waals surface area contributed by atoms with Crippen LogP contribution in [0.15, 0.2) is 0 Å². The minimum Gasteiger partial charge on any atom is -0.481 e. The second-order valence-corrected chi connectivity index (χ2v) is 9.87. The van der Waals surface area contributed by atoms with Gasteiger partial charge in [-0.3, -0.25) is 4.79 Å². The summed E-state index contributed by atoms with van der Waals surface area (Å²) in [6.07, 6.45) is 10.5. The Morgan fingerprint density at radius 3 is 2.52 bits per heavy atom. The van der Waals surface area contributed by atoms with Crippen LogP contribution in [0.5, 0.6) is 0 Å². The molecule has 2 bridgehead atoms. The molecule has 0 saturated heterocycles. The van der Waals surface area contributed by atoms with Gasteiger partial charge in [0, 0.05) is 6.61 Å². The largest absolute Gasteiger partial charge is 0.481 e. The van der Waals surface area contributed by atoms with Crippen molar-refractivity contribution in [3.8, 4) is 0 Å². The molecule has 3 nitrogen and oxygen atoms in total. The van der Waals surface area contributed by atoms with Gasteiger partial charge in [-0.25, -0.2) is 0 Å². The number of carboxylic acid groups (broad SMARTS) is 1. The van der Waals surface area contributed by atoms with E-state index in [-0.39, 0.29) is 11.3 Å². The van der Waals surface area contributed by atoms with E-state index in [0.29, 0.717) is 35.2 Å². The summed E-state index contributed by atoms with van der Waals surface area (Å²) < 4.78 is 0. The molecule has 0 aromatic carbocycles. The van der Waals surface area contributed by atoms with Crippen LogP contribution in [0.1, 0.15) is 71.6 Å². The lowest BCUT2D eigenvalue weighted by Gasteiger charge is -2.64. The van der Waals surface area contributed by atoms with Gasteiger partial charge in [0.05, 0.1) is 5.92 Å². The third-order valence-electron chi connectivity index (χ3n) is 8.94. The van der Waals surface area contributed by atoms with Gasteiger partial charge in [-0.15, -0.1) is 0 Å². The molecule has 2 N–H and O–H groups in total. The summed E-state index contributed by atoms with van der Waals surface area (Å²) in [5.74, 6) is 1.08. The molecule has 0 aromatic heterocycles. The van der Waals surface area contributed by atoms with Crippen molar-refractivity contribution in [2.45, 2.75) is 71.6 Å². The van der Waals surface area contributed by atoms with Gasteiger partial charge < -0.3 is 10.2 Å². The van der Waals surface area contributed by atoms with E-state index in [4.69, 9.17) is 0 Å². The van der Waals surface area contributed by atoms with Crippen molar-refractivity contribution in [1.82, 2.24) is 0 Å². The van der Waals surface area contributed by atoms with Crippen LogP contribution in [0.3, 0.4) is 0 Å². The van der Waals surface area contributed by atoms with Crippen molar-refractivity contribution in [2.75, 3.05) is 6.61 Å². The van der Waals surface area contributed by atoms with E-state index < -0.39 is 5.97 Å². The molecule has 0 amide bonds. The van der Waals surface area contributed by atoms with Crippen LogP contribution in [0.4, 0.5) is 0 Å². The predicted octanol–water partition coefficient (Wildman–Crippen LogP) is 4.09. The fourth-order valence-electron chi connectivity index (χ4n) is 8.06. The lowest BCUT2D eigenvalue weighted by atomic mass is 9.41. The first-order chi connectivity index (χ1) is 10.8. The fraction of sp³-hybridized carbons (Fsp3) is 0.950. The molecule has 0 unspecified atom stereocenters. The Morgan fingerprint density at radius 1 is 1.04 bits per heavy atom. The summed E-state index contributed by atoms with van der Waals surface area (Å²) in [5.41, 5.74) is 0.688. The normalized spacial score (nSPS) is 55.1. The maximum absolute atomic E-state index is 11.7. The highest BCUT2D eigenvalue weighted by Gasteiger charge is 2.65. The van der Waals surface area contributed by atoms with Gasteiger partial charge in [-0.2, -0.15) is 0 Å². The highest BCUT2D eigenvalue weighted by molar-refractivity contribution is 5.71. The third kappa shape index (κ3) is 2.01. The van der Waals surface area contributed by atoms with E-state index in [9.17, 15) is 15.0 Å². The summed E-state index contributed by atoms with van der Waals surface area (Å²) >= 11 is 0. The van der Waals surface area contributed by atoms with Crippen molar-refractivity contribution < 1.29 is 15.0 Å². The van der Waals surface area contributed by atoms with Crippen LogP contribution < -0.4 is 0 Å². The Labute approximate surface area is 139 Å². The molecule has 0 radical (unpaired) electrons. The van der Waals surface area contributed by atoms with Crippen LogP contribution in [0, 0.1) is 39.9 Å². The molecule has 4 aliphatic carbocycles. The highest BCUT2D eigenvalue weighted by Crippen LogP contribution is 2.72. The zero-order valence-electron chi connectivity index (χ0n) is 14.7. The third-order valence-corrected chi connectivity index (χ3v) is 8.94. The van der Waals surface area contributed by atoms with Crippen LogP contribution in [0.25, 0.3) is 0 Å². The highest BCUT2D eigenvalue weighted by atomic mass is 16.4. The zero-order valence-corrected chi connectivity index (χ0v) is 14.7. The fourth-order valence-corrected chi connectivity index (χ4v) is 8.06. The molecule has 130 valence electrons. The van der Waals surface area contributed by atoms with E-state index in [0.717, 1.165) is 25.7 Å². The van der Waals surface area contributed by atoms with E-state index in [1.807, 2.05) is 0 Å². The van der Waals surface area contributed by atoms with Gasteiger partial charge in [-0.05, 0) is 85.4 Å². The lowest BCUT2D eigenvalue weighted by Crippen LogP contribution is -2.57. The number of aliphatic hydroxyl groups excluding tert-OH is 1. The molecule has 23 heavy (non-hydrogen) atoms. The average Bonchev–Trinajstić information content (AvgIpc) is 2.78. The first-order valence-corrected chi connectivity index (χ1v) is 9.68. The van der Waals surface area contributed by atoms with E-state index in [1.165, 1.54) is 32.1 Å². The minimum absolute atomic E-state index is 0.0796. The average molecular weight is 320 g/mol. The SMILES string of the molecule is C[C@@]1(CO)CCC[C@]2(C)[C@@H]1CC[C@@]13C[C@@H](CC[C@H]12)[C@@H](C(=O)O)C3. The van der Waals surface area contributed by atoms with Crippen LogP contribution >= 0.6 is 0 Å². The topological polar surface area (TPSA) is 57.5 Å². The number of aliphatic hydroxyl groups is 1. The van der Waals surface area contributed by atoms with Gasteiger partial charge in [-0.1, -0.05) is 20.3 Å². The summed E-state index contributed by atoms with van der Waals surface area (Å²) in [5, 5.41) is 19.7. The van der Waals surface area contributed by atoms with Gasteiger partial charge in [0.1, 0.15) is 0 Å². The van der Waals surface area contributed by atoms with Crippen molar-refractivity contribution in [3.05, 3.63) is 0 Å². The van der Waals surface area contributed by atoms with Crippen LogP contribution in [-0.2, 0) is 4.79 Å². The molecule has 7 atom stereocenters. The van der Waals surface area contributed by atoms with Crippen molar-refractivity contribution in [2.24, 2.45) is 39.9 Å². The summed E-state index contributed by atoms with van der Waals surface area (Å²) in [7, 11) is 0. The second kappa shape index (κ2) is 4.97. The number of carbonyl (C=O) groups is 1. The minimum atomic E-state index is -0.552. The zero-order chi connectivity index (χ0) is 16.5. The van der Waals surface area contributed by atoms with Crippen molar-refractivity contribution in [3.63, 3.8) is 0 Å². The number of hydrogen-bond acceptors (Lipinski definition) is 2. The maximum atomic E-state index is 11.7. The van der Waals surface area contributed by atoms with Gasteiger partial charge in [0.15, 0.2) is 0 Å². The number of carboxylic acids is 1. The molecule has 4 saturated carbocycles. The Bertz CT molecular complexity index is 517. The Kier molecular flexibility index (Phi) is 3.44. The number of rotatable bonds is 2. The van der Waals surface area contributed by atoms with Crippen LogP contribution in [0.2, 0.25) is 0 Å². The molecule has 0 aliphatic heterocycles. The summed E-state index contributed by atoms with van der Waals surface area (Å²) in [6, 6.07) is 0.